The number of amides is 2. The molecule has 6 nitrogen and oxygen atoms in total. The summed E-state index contributed by atoms with van der Waals surface area (Å²) in [5.74, 6) is 0.676. The van der Waals surface area contributed by atoms with Crippen LogP contribution >= 0.6 is 0 Å². The predicted molar refractivity (Wildman–Crippen MR) is 110 cm³/mol. The molecule has 0 atom stereocenters. The second-order valence-corrected chi connectivity index (χ2v) is 6.61. The topological polar surface area (TPSA) is 61.9 Å². The standard InChI is InChI=1S/C22H25N3O3/c1-2-16-28-20-10-8-18(9-11-20)22(27)25-14-12-24(13-15-25)17-21(26)23-19-6-4-3-5-7-19/h2-11H,1,12-17H2,(H,23,26). The van der Waals surface area contributed by atoms with Gasteiger partial charge in [0.2, 0.25) is 5.91 Å². The number of anilines is 1. The summed E-state index contributed by atoms with van der Waals surface area (Å²) in [7, 11) is 0. The van der Waals surface area contributed by atoms with Crippen LogP contribution in [0.3, 0.4) is 0 Å². The lowest BCUT2D eigenvalue weighted by molar-refractivity contribution is -0.117. The summed E-state index contributed by atoms with van der Waals surface area (Å²) in [6.45, 7) is 6.93. The fourth-order valence-electron chi connectivity index (χ4n) is 3.07. The third-order valence-corrected chi connectivity index (χ3v) is 4.55. The van der Waals surface area contributed by atoms with Gasteiger partial charge in [0.25, 0.3) is 5.91 Å². The second-order valence-electron chi connectivity index (χ2n) is 6.61. The Hall–Kier alpha value is -3.12. The van der Waals surface area contributed by atoms with Crippen molar-refractivity contribution in [3.05, 3.63) is 72.8 Å². The van der Waals surface area contributed by atoms with E-state index in [-0.39, 0.29) is 11.8 Å². The predicted octanol–water partition coefficient (Wildman–Crippen LogP) is 2.65. The van der Waals surface area contributed by atoms with Crippen molar-refractivity contribution in [2.45, 2.75) is 0 Å². The minimum absolute atomic E-state index is 0.00339. The SMILES string of the molecule is C=CCOc1ccc(C(=O)N2CCN(CC(=O)Nc3ccccc3)CC2)cc1. The van der Waals surface area contributed by atoms with Crippen LogP contribution in [0.1, 0.15) is 10.4 Å². The first kappa shape index (κ1) is 19.6. The molecule has 0 aromatic heterocycles. The van der Waals surface area contributed by atoms with E-state index in [1.165, 1.54) is 0 Å². The van der Waals surface area contributed by atoms with E-state index in [0.717, 1.165) is 5.69 Å². The smallest absolute Gasteiger partial charge is 0.253 e. The first-order valence-electron chi connectivity index (χ1n) is 9.36. The zero-order chi connectivity index (χ0) is 19.8. The highest BCUT2D eigenvalue weighted by molar-refractivity contribution is 5.94. The van der Waals surface area contributed by atoms with Crippen LogP contribution in [-0.2, 0) is 4.79 Å². The molecule has 0 unspecified atom stereocenters. The highest BCUT2D eigenvalue weighted by Crippen LogP contribution is 2.15. The number of rotatable bonds is 7. The molecule has 0 bridgehead atoms. The molecule has 1 aliphatic rings. The maximum Gasteiger partial charge on any atom is 0.253 e. The normalized spacial score (nSPS) is 14.4. The molecule has 28 heavy (non-hydrogen) atoms. The molecule has 2 amide bonds. The Kier molecular flexibility index (Phi) is 6.81. The quantitative estimate of drug-likeness (QED) is 0.752. The summed E-state index contributed by atoms with van der Waals surface area (Å²) in [5.41, 5.74) is 1.43. The Labute approximate surface area is 165 Å². The summed E-state index contributed by atoms with van der Waals surface area (Å²) in [4.78, 5) is 28.7. The van der Waals surface area contributed by atoms with E-state index >= 15 is 0 Å². The number of hydrogen-bond acceptors (Lipinski definition) is 4. The molecular weight excluding hydrogens is 354 g/mol. The molecule has 1 fully saturated rings. The van der Waals surface area contributed by atoms with Crippen molar-refractivity contribution in [2.75, 3.05) is 44.6 Å². The van der Waals surface area contributed by atoms with Crippen molar-refractivity contribution in [3.8, 4) is 5.75 Å². The maximum atomic E-state index is 12.7. The number of nitrogens with one attached hydrogen (secondary N) is 1. The first-order chi connectivity index (χ1) is 13.7. The molecule has 146 valence electrons. The van der Waals surface area contributed by atoms with Gasteiger partial charge in [-0.05, 0) is 36.4 Å². The summed E-state index contributed by atoms with van der Waals surface area (Å²) in [6, 6.07) is 16.6. The number of carbonyl (C=O) groups excluding carboxylic acids is 2. The van der Waals surface area contributed by atoms with E-state index in [1.807, 2.05) is 35.2 Å². The lowest BCUT2D eigenvalue weighted by Gasteiger charge is -2.34. The fourth-order valence-corrected chi connectivity index (χ4v) is 3.07. The van der Waals surface area contributed by atoms with Gasteiger partial charge in [-0.1, -0.05) is 30.9 Å². The van der Waals surface area contributed by atoms with Crippen LogP contribution in [0.5, 0.6) is 5.75 Å². The Morgan fingerprint density at radius 2 is 1.68 bits per heavy atom. The van der Waals surface area contributed by atoms with Crippen molar-refractivity contribution in [1.82, 2.24) is 9.80 Å². The minimum Gasteiger partial charge on any atom is -0.490 e. The number of para-hydroxylation sites is 1. The number of nitrogens with zero attached hydrogens (tertiary/aromatic N) is 2. The summed E-state index contributed by atoms with van der Waals surface area (Å²) >= 11 is 0. The molecule has 6 heteroatoms. The van der Waals surface area contributed by atoms with Crippen LogP contribution in [0.15, 0.2) is 67.3 Å². The summed E-state index contributed by atoms with van der Waals surface area (Å²) < 4.78 is 5.44. The van der Waals surface area contributed by atoms with Crippen LogP contribution in [0.2, 0.25) is 0 Å². The molecule has 3 rings (SSSR count). The number of piperazine rings is 1. The van der Waals surface area contributed by atoms with Gasteiger partial charge in [-0.25, -0.2) is 0 Å². The van der Waals surface area contributed by atoms with Crippen LogP contribution in [0.4, 0.5) is 5.69 Å². The zero-order valence-electron chi connectivity index (χ0n) is 15.8. The van der Waals surface area contributed by atoms with Crippen molar-refractivity contribution in [1.29, 1.82) is 0 Å². The van der Waals surface area contributed by atoms with Crippen molar-refractivity contribution in [2.24, 2.45) is 0 Å². The van der Waals surface area contributed by atoms with E-state index in [9.17, 15) is 9.59 Å². The van der Waals surface area contributed by atoms with E-state index in [1.54, 1.807) is 30.3 Å². The molecule has 1 N–H and O–H groups in total. The Bertz CT molecular complexity index is 798. The van der Waals surface area contributed by atoms with Gasteiger partial charge >= 0.3 is 0 Å². The third kappa shape index (κ3) is 5.44. The van der Waals surface area contributed by atoms with Crippen LogP contribution < -0.4 is 10.1 Å². The number of hydrogen-bond donors (Lipinski definition) is 1. The van der Waals surface area contributed by atoms with Crippen LogP contribution in [0, 0.1) is 0 Å². The minimum atomic E-state index is -0.0407. The van der Waals surface area contributed by atoms with Gasteiger partial charge in [0.1, 0.15) is 12.4 Å². The monoisotopic (exact) mass is 379 g/mol. The molecule has 0 aliphatic carbocycles. The largest absolute Gasteiger partial charge is 0.490 e. The summed E-state index contributed by atoms with van der Waals surface area (Å²) in [5, 5.41) is 2.89. The molecule has 0 radical (unpaired) electrons. The van der Waals surface area contributed by atoms with E-state index in [0.29, 0.717) is 50.6 Å². The highest BCUT2D eigenvalue weighted by atomic mass is 16.5. The van der Waals surface area contributed by atoms with Gasteiger partial charge in [0, 0.05) is 37.4 Å². The third-order valence-electron chi connectivity index (χ3n) is 4.55. The molecule has 1 saturated heterocycles. The zero-order valence-corrected chi connectivity index (χ0v) is 15.8. The van der Waals surface area contributed by atoms with E-state index < -0.39 is 0 Å². The Morgan fingerprint density at radius 3 is 2.32 bits per heavy atom. The van der Waals surface area contributed by atoms with Crippen molar-refractivity contribution >= 4 is 17.5 Å². The number of benzene rings is 2. The molecule has 0 saturated carbocycles. The number of carbonyl (C=O) groups is 2. The first-order valence-corrected chi connectivity index (χ1v) is 9.36. The van der Waals surface area contributed by atoms with Gasteiger partial charge in [-0.3, -0.25) is 14.5 Å². The molecule has 1 aliphatic heterocycles. The van der Waals surface area contributed by atoms with Gasteiger partial charge in [-0.15, -0.1) is 0 Å². The molecule has 2 aromatic rings. The van der Waals surface area contributed by atoms with E-state index in [4.69, 9.17) is 4.74 Å². The Balaban J connectivity index is 1.46. The second kappa shape index (κ2) is 9.71. The Morgan fingerprint density at radius 1 is 1.00 bits per heavy atom. The highest BCUT2D eigenvalue weighted by Gasteiger charge is 2.23. The molecular formula is C22H25N3O3. The van der Waals surface area contributed by atoms with Gasteiger partial charge < -0.3 is 15.0 Å². The van der Waals surface area contributed by atoms with E-state index in [2.05, 4.69) is 16.8 Å². The fraction of sp³-hybridized carbons (Fsp3) is 0.273. The van der Waals surface area contributed by atoms with Gasteiger partial charge in [-0.2, -0.15) is 0 Å². The number of ether oxygens (including phenoxy) is 1. The van der Waals surface area contributed by atoms with Crippen molar-refractivity contribution < 1.29 is 14.3 Å². The van der Waals surface area contributed by atoms with Crippen LogP contribution in [0.25, 0.3) is 0 Å². The lowest BCUT2D eigenvalue weighted by Crippen LogP contribution is -2.50. The summed E-state index contributed by atoms with van der Waals surface area (Å²) in [6.07, 6.45) is 1.68. The average molecular weight is 379 g/mol. The molecule has 2 aromatic carbocycles. The van der Waals surface area contributed by atoms with Crippen molar-refractivity contribution in [3.63, 3.8) is 0 Å². The van der Waals surface area contributed by atoms with Crippen LogP contribution in [-0.4, -0.2) is 60.9 Å². The van der Waals surface area contributed by atoms with Gasteiger partial charge in [0.05, 0.1) is 6.54 Å². The maximum absolute atomic E-state index is 12.7. The lowest BCUT2D eigenvalue weighted by atomic mass is 10.1. The average Bonchev–Trinajstić information content (AvgIpc) is 2.73. The molecule has 1 heterocycles. The van der Waals surface area contributed by atoms with Gasteiger partial charge in [0.15, 0.2) is 0 Å². The molecule has 0 spiro atoms.